The number of amides is 1. The van der Waals surface area contributed by atoms with Crippen molar-refractivity contribution in [1.82, 2.24) is 4.98 Å². The molecule has 1 amide bonds. The predicted molar refractivity (Wildman–Crippen MR) is 102 cm³/mol. The minimum Gasteiger partial charge on any atom is -0.320 e. The molecule has 0 atom stereocenters. The van der Waals surface area contributed by atoms with E-state index in [1.165, 1.54) is 11.3 Å². The van der Waals surface area contributed by atoms with Gasteiger partial charge in [-0.2, -0.15) is 0 Å². The Balaban J connectivity index is 1.63. The number of hydrogen-bond donors (Lipinski definition) is 1. The van der Waals surface area contributed by atoms with Gasteiger partial charge in [-0.25, -0.2) is 4.98 Å². The summed E-state index contributed by atoms with van der Waals surface area (Å²) in [5.41, 5.74) is 2.51. The minimum atomic E-state index is -0.153. The lowest BCUT2D eigenvalue weighted by Crippen LogP contribution is -2.10. The number of nitrogens with one attached hydrogen (secondary N) is 1. The quantitative estimate of drug-likeness (QED) is 0.485. The average Bonchev–Trinajstić information content (AvgIpc) is 3.26. The lowest BCUT2D eigenvalue weighted by molar-refractivity contribution is 0.103. The highest BCUT2D eigenvalue weighted by Gasteiger charge is 2.12. The molecule has 6 heteroatoms. The van der Waals surface area contributed by atoms with Gasteiger partial charge in [-0.1, -0.05) is 29.8 Å². The molecule has 0 fully saturated rings. The second-order valence-electron chi connectivity index (χ2n) is 5.11. The van der Waals surface area contributed by atoms with Crippen LogP contribution in [0.3, 0.4) is 0 Å². The number of aromatic nitrogens is 1. The number of thiazole rings is 1. The van der Waals surface area contributed by atoms with Crippen LogP contribution in [0.25, 0.3) is 20.8 Å². The Morgan fingerprint density at radius 1 is 1.08 bits per heavy atom. The van der Waals surface area contributed by atoms with Crippen molar-refractivity contribution in [2.24, 2.45) is 0 Å². The molecule has 24 heavy (non-hydrogen) atoms. The molecule has 0 unspecified atom stereocenters. The van der Waals surface area contributed by atoms with Gasteiger partial charge in [0.1, 0.15) is 5.01 Å². The third-order valence-corrected chi connectivity index (χ3v) is 5.77. The number of rotatable bonds is 3. The summed E-state index contributed by atoms with van der Waals surface area (Å²) < 4.78 is 1.14. The number of benzene rings is 2. The van der Waals surface area contributed by atoms with Gasteiger partial charge in [0.25, 0.3) is 5.91 Å². The Hall–Kier alpha value is -2.21. The number of nitrogens with zero attached hydrogens (tertiary/aromatic N) is 1. The summed E-state index contributed by atoms with van der Waals surface area (Å²) in [5.74, 6) is -0.153. The van der Waals surface area contributed by atoms with Gasteiger partial charge < -0.3 is 5.32 Å². The number of carbonyl (C=O) groups excluding carboxylic acids is 1. The molecule has 2 aromatic heterocycles. The number of fused-ring (bicyclic) bond motifs is 1. The second kappa shape index (κ2) is 6.36. The van der Waals surface area contributed by atoms with Crippen molar-refractivity contribution in [3.8, 4) is 10.6 Å². The van der Waals surface area contributed by atoms with Crippen LogP contribution in [0.2, 0.25) is 5.02 Å². The van der Waals surface area contributed by atoms with Gasteiger partial charge in [0.2, 0.25) is 0 Å². The molecular weight excluding hydrogens is 360 g/mol. The molecule has 0 radical (unpaired) electrons. The normalized spacial score (nSPS) is 10.9. The van der Waals surface area contributed by atoms with Crippen molar-refractivity contribution < 1.29 is 4.79 Å². The van der Waals surface area contributed by atoms with Gasteiger partial charge in [-0.3, -0.25) is 4.79 Å². The van der Waals surface area contributed by atoms with Crippen molar-refractivity contribution in [3.63, 3.8) is 0 Å². The van der Waals surface area contributed by atoms with Crippen LogP contribution in [-0.2, 0) is 0 Å². The highest BCUT2D eigenvalue weighted by atomic mass is 35.5. The molecule has 0 saturated carbocycles. The Labute approximate surface area is 151 Å². The number of carbonyl (C=O) groups is 1. The molecule has 0 aliphatic heterocycles. The van der Waals surface area contributed by atoms with Gasteiger partial charge in [0.15, 0.2) is 0 Å². The standard InChI is InChI=1S/C18H11ClN2OS2/c19-12-10-11(18-21-14-4-1-2-5-15(14)24-18)7-8-13(12)20-17(22)16-6-3-9-23-16/h1-10H,(H,20,22). The summed E-state index contributed by atoms with van der Waals surface area (Å²) in [7, 11) is 0. The molecule has 2 heterocycles. The zero-order valence-electron chi connectivity index (χ0n) is 12.3. The maximum Gasteiger partial charge on any atom is 0.265 e. The molecule has 0 aliphatic carbocycles. The number of halogens is 1. The van der Waals surface area contributed by atoms with Crippen molar-refractivity contribution in [3.05, 3.63) is 69.9 Å². The summed E-state index contributed by atoms with van der Waals surface area (Å²) in [6, 6.07) is 17.2. The first-order valence-corrected chi connectivity index (χ1v) is 9.28. The van der Waals surface area contributed by atoms with E-state index in [1.807, 2.05) is 53.9 Å². The summed E-state index contributed by atoms with van der Waals surface area (Å²) in [6.45, 7) is 0. The van der Waals surface area contributed by atoms with Crippen LogP contribution in [-0.4, -0.2) is 10.9 Å². The molecule has 2 aromatic carbocycles. The van der Waals surface area contributed by atoms with E-state index in [0.717, 1.165) is 20.8 Å². The Bertz CT molecular complexity index is 992. The van der Waals surface area contributed by atoms with E-state index in [-0.39, 0.29) is 5.91 Å². The van der Waals surface area contributed by atoms with Crippen LogP contribution in [0.1, 0.15) is 9.67 Å². The van der Waals surface area contributed by atoms with Crippen molar-refractivity contribution >= 4 is 56.1 Å². The van der Waals surface area contributed by atoms with Crippen LogP contribution < -0.4 is 5.32 Å². The molecular formula is C18H11ClN2OS2. The first kappa shape index (κ1) is 15.3. The first-order valence-electron chi connectivity index (χ1n) is 7.21. The third kappa shape index (κ3) is 2.94. The SMILES string of the molecule is O=C(Nc1ccc(-c2nc3ccccc3s2)cc1Cl)c1cccs1. The third-order valence-electron chi connectivity index (χ3n) is 3.50. The maximum atomic E-state index is 12.1. The number of anilines is 1. The maximum absolute atomic E-state index is 12.1. The van der Waals surface area contributed by atoms with E-state index >= 15 is 0 Å². The monoisotopic (exact) mass is 370 g/mol. The van der Waals surface area contributed by atoms with E-state index in [4.69, 9.17) is 11.6 Å². The van der Waals surface area contributed by atoms with Gasteiger partial charge >= 0.3 is 0 Å². The van der Waals surface area contributed by atoms with Gasteiger partial charge in [0, 0.05) is 5.56 Å². The Kier molecular flexibility index (Phi) is 4.06. The fourth-order valence-corrected chi connectivity index (χ4v) is 4.15. The molecule has 0 aliphatic rings. The predicted octanol–water partition coefficient (Wildman–Crippen LogP) is 5.93. The Morgan fingerprint density at radius 2 is 1.96 bits per heavy atom. The molecule has 0 spiro atoms. The second-order valence-corrected chi connectivity index (χ2v) is 7.50. The number of hydrogen-bond acceptors (Lipinski definition) is 4. The highest BCUT2D eigenvalue weighted by molar-refractivity contribution is 7.21. The van der Waals surface area contributed by atoms with E-state index < -0.39 is 0 Å². The summed E-state index contributed by atoms with van der Waals surface area (Å²) in [6.07, 6.45) is 0. The zero-order valence-corrected chi connectivity index (χ0v) is 14.7. The molecule has 4 rings (SSSR count). The zero-order chi connectivity index (χ0) is 16.5. The fraction of sp³-hybridized carbons (Fsp3) is 0. The topological polar surface area (TPSA) is 42.0 Å². The summed E-state index contributed by atoms with van der Waals surface area (Å²) in [4.78, 5) is 17.4. The molecule has 0 bridgehead atoms. The highest BCUT2D eigenvalue weighted by Crippen LogP contribution is 2.33. The lowest BCUT2D eigenvalue weighted by atomic mass is 10.2. The van der Waals surface area contributed by atoms with Crippen molar-refractivity contribution in [2.45, 2.75) is 0 Å². The summed E-state index contributed by atoms with van der Waals surface area (Å²) in [5, 5.41) is 6.12. The first-order chi connectivity index (χ1) is 11.7. The van der Waals surface area contributed by atoms with Crippen LogP contribution in [0.5, 0.6) is 0 Å². The van der Waals surface area contributed by atoms with Crippen molar-refractivity contribution in [1.29, 1.82) is 0 Å². The van der Waals surface area contributed by atoms with Crippen LogP contribution in [0.15, 0.2) is 60.0 Å². The summed E-state index contributed by atoms with van der Waals surface area (Å²) >= 11 is 9.37. The van der Waals surface area contributed by atoms with E-state index in [9.17, 15) is 4.79 Å². The minimum absolute atomic E-state index is 0.153. The van der Waals surface area contributed by atoms with E-state index in [1.54, 1.807) is 17.4 Å². The number of thiophene rings is 1. The van der Waals surface area contributed by atoms with Gasteiger partial charge in [0.05, 0.1) is 25.8 Å². The van der Waals surface area contributed by atoms with Gasteiger partial charge in [-0.05, 0) is 41.8 Å². The molecule has 0 saturated heterocycles. The lowest BCUT2D eigenvalue weighted by Gasteiger charge is -2.07. The molecule has 4 aromatic rings. The largest absolute Gasteiger partial charge is 0.320 e. The molecule has 1 N–H and O–H groups in total. The Morgan fingerprint density at radius 3 is 2.71 bits per heavy atom. The van der Waals surface area contributed by atoms with Crippen LogP contribution in [0.4, 0.5) is 5.69 Å². The van der Waals surface area contributed by atoms with Crippen LogP contribution in [0, 0.1) is 0 Å². The fourth-order valence-electron chi connectivity index (χ4n) is 2.34. The van der Waals surface area contributed by atoms with Crippen LogP contribution >= 0.6 is 34.3 Å². The molecule has 3 nitrogen and oxygen atoms in total. The number of para-hydroxylation sites is 1. The van der Waals surface area contributed by atoms with E-state index in [2.05, 4.69) is 10.3 Å². The average molecular weight is 371 g/mol. The van der Waals surface area contributed by atoms with Crippen molar-refractivity contribution in [2.75, 3.05) is 5.32 Å². The smallest absolute Gasteiger partial charge is 0.265 e. The van der Waals surface area contributed by atoms with E-state index in [0.29, 0.717) is 15.6 Å². The van der Waals surface area contributed by atoms with Gasteiger partial charge in [-0.15, -0.1) is 22.7 Å². The molecule has 118 valence electrons.